The first-order valence-corrected chi connectivity index (χ1v) is 10.3. The maximum Gasteiger partial charge on any atom is 0.266 e. The number of hydrazine groups is 1. The predicted octanol–water partition coefficient (Wildman–Crippen LogP) is -0.0474. The second kappa shape index (κ2) is 8.02. The maximum absolute atomic E-state index is 11.7. The van der Waals surface area contributed by atoms with Crippen molar-refractivity contribution in [3.63, 3.8) is 0 Å². The molecule has 22 heavy (non-hydrogen) atoms. The Hall–Kier alpha value is -1.01. The van der Waals surface area contributed by atoms with Crippen LogP contribution < -0.4 is 15.0 Å². The fourth-order valence-corrected chi connectivity index (χ4v) is 3.01. The normalized spacial score (nSPS) is 12.1. The molecule has 1 rings (SSSR count). The van der Waals surface area contributed by atoms with Crippen molar-refractivity contribution in [1.29, 1.82) is 0 Å². The SMILES string of the molecule is CCS(=O)(=O)NCCS(=O)(=O)NNC(=O)c1ccc(Br)cc1. The third-order valence-corrected chi connectivity index (χ3v) is 5.59. The van der Waals surface area contributed by atoms with Crippen molar-refractivity contribution in [2.75, 3.05) is 18.1 Å². The van der Waals surface area contributed by atoms with Gasteiger partial charge in [-0.2, -0.15) is 0 Å². The molecule has 1 aromatic rings. The molecule has 0 heterocycles. The minimum absolute atomic E-state index is 0.138. The van der Waals surface area contributed by atoms with Crippen molar-refractivity contribution in [3.05, 3.63) is 34.3 Å². The Labute approximate surface area is 137 Å². The summed E-state index contributed by atoms with van der Waals surface area (Å²) >= 11 is 3.22. The molecular formula is C11H16BrN3O5S2. The van der Waals surface area contributed by atoms with E-state index in [4.69, 9.17) is 0 Å². The van der Waals surface area contributed by atoms with Crippen LogP contribution in [0.25, 0.3) is 0 Å². The number of sulfonamides is 2. The van der Waals surface area contributed by atoms with Gasteiger partial charge in [0.15, 0.2) is 0 Å². The number of benzene rings is 1. The molecule has 0 saturated carbocycles. The van der Waals surface area contributed by atoms with Crippen LogP contribution in [-0.2, 0) is 20.0 Å². The van der Waals surface area contributed by atoms with Crippen molar-refractivity contribution in [2.45, 2.75) is 6.92 Å². The van der Waals surface area contributed by atoms with E-state index in [-0.39, 0.29) is 17.9 Å². The zero-order chi connectivity index (χ0) is 16.8. The lowest BCUT2D eigenvalue weighted by Gasteiger charge is -2.09. The number of amides is 1. The van der Waals surface area contributed by atoms with E-state index >= 15 is 0 Å². The lowest BCUT2D eigenvalue weighted by atomic mass is 10.2. The summed E-state index contributed by atoms with van der Waals surface area (Å²) in [6, 6.07) is 6.32. The van der Waals surface area contributed by atoms with Crippen LogP contribution in [-0.4, -0.2) is 40.8 Å². The van der Waals surface area contributed by atoms with Crippen LogP contribution in [0.5, 0.6) is 0 Å². The topological polar surface area (TPSA) is 121 Å². The van der Waals surface area contributed by atoms with Gasteiger partial charge >= 0.3 is 0 Å². The molecule has 0 saturated heterocycles. The van der Waals surface area contributed by atoms with Crippen LogP contribution in [0.3, 0.4) is 0 Å². The molecule has 0 fully saturated rings. The van der Waals surface area contributed by atoms with Gasteiger partial charge in [0.2, 0.25) is 20.0 Å². The summed E-state index contributed by atoms with van der Waals surface area (Å²) in [5.41, 5.74) is 2.33. The first-order valence-electron chi connectivity index (χ1n) is 6.18. The van der Waals surface area contributed by atoms with Crippen LogP contribution in [0.15, 0.2) is 28.7 Å². The summed E-state index contributed by atoms with van der Waals surface area (Å²) < 4.78 is 48.5. The van der Waals surface area contributed by atoms with Crippen molar-refractivity contribution in [3.8, 4) is 0 Å². The first-order chi connectivity index (χ1) is 10.2. The van der Waals surface area contributed by atoms with E-state index in [1.54, 1.807) is 12.1 Å². The Morgan fingerprint density at radius 2 is 1.68 bits per heavy atom. The molecule has 0 aliphatic rings. The van der Waals surface area contributed by atoms with E-state index in [0.29, 0.717) is 0 Å². The number of hydrogen-bond acceptors (Lipinski definition) is 5. The predicted molar refractivity (Wildman–Crippen MR) is 86.0 cm³/mol. The van der Waals surface area contributed by atoms with Gasteiger partial charge in [-0.15, -0.1) is 4.83 Å². The van der Waals surface area contributed by atoms with Gasteiger partial charge in [0.25, 0.3) is 5.91 Å². The van der Waals surface area contributed by atoms with E-state index in [2.05, 4.69) is 26.1 Å². The zero-order valence-corrected chi connectivity index (χ0v) is 14.9. The van der Waals surface area contributed by atoms with Gasteiger partial charge in [-0.25, -0.2) is 21.6 Å². The molecule has 8 nitrogen and oxygen atoms in total. The molecule has 11 heteroatoms. The number of hydrogen-bond donors (Lipinski definition) is 3. The Bertz CT molecular complexity index is 717. The Balaban J connectivity index is 2.48. The highest BCUT2D eigenvalue weighted by molar-refractivity contribution is 9.10. The molecular weight excluding hydrogens is 398 g/mol. The molecule has 0 radical (unpaired) electrons. The summed E-state index contributed by atoms with van der Waals surface area (Å²) in [6.45, 7) is 1.16. The fourth-order valence-electron chi connectivity index (χ4n) is 1.28. The monoisotopic (exact) mass is 413 g/mol. The summed E-state index contributed by atoms with van der Waals surface area (Å²) in [5, 5.41) is 0. The highest BCUT2D eigenvalue weighted by Crippen LogP contribution is 2.10. The van der Waals surface area contributed by atoms with Gasteiger partial charge in [0, 0.05) is 16.6 Å². The van der Waals surface area contributed by atoms with E-state index in [9.17, 15) is 21.6 Å². The fraction of sp³-hybridized carbons (Fsp3) is 0.364. The molecule has 0 aromatic heterocycles. The van der Waals surface area contributed by atoms with Gasteiger partial charge in [0.05, 0.1) is 11.5 Å². The second-order valence-electron chi connectivity index (χ2n) is 4.18. The zero-order valence-electron chi connectivity index (χ0n) is 11.7. The molecule has 124 valence electrons. The molecule has 0 atom stereocenters. The van der Waals surface area contributed by atoms with Crippen LogP contribution in [0.2, 0.25) is 0 Å². The molecule has 0 bridgehead atoms. The average Bonchev–Trinajstić information content (AvgIpc) is 2.45. The Morgan fingerprint density at radius 1 is 1.09 bits per heavy atom. The molecule has 3 N–H and O–H groups in total. The molecule has 0 aliphatic heterocycles. The molecule has 0 aliphatic carbocycles. The van der Waals surface area contributed by atoms with E-state index in [1.165, 1.54) is 19.1 Å². The summed E-state index contributed by atoms with van der Waals surface area (Å²) in [6.07, 6.45) is 0. The quantitative estimate of drug-likeness (QED) is 0.515. The van der Waals surface area contributed by atoms with E-state index in [0.717, 1.165) is 4.47 Å². The van der Waals surface area contributed by atoms with Crippen molar-refractivity contribution in [2.24, 2.45) is 0 Å². The summed E-state index contributed by atoms with van der Waals surface area (Å²) in [5.74, 6) is -1.25. The number of halogens is 1. The van der Waals surface area contributed by atoms with Crippen LogP contribution in [0.4, 0.5) is 0 Å². The Kier molecular flexibility index (Phi) is 6.94. The van der Waals surface area contributed by atoms with Gasteiger partial charge in [0.1, 0.15) is 0 Å². The molecule has 1 aromatic carbocycles. The van der Waals surface area contributed by atoms with Gasteiger partial charge in [-0.3, -0.25) is 10.2 Å². The largest absolute Gasteiger partial charge is 0.274 e. The summed E-state index contributed by atoms with van der Waals surface area (Å²) in [7, 11) is -7.30. The van der Waals surface area contributed by atoms with Gasteiger partial charge in [-0.1, -0.05) is 15.9 Å². The highest BCUT2D eigenvalue weighted by Gasteiger charge is 2.14. The lowest BCUT2D eigenvalue weighted by Crippen LogP contribution is -2.44. The third-order valence-electron chi connectivity index (χ3n) is 2.50. The number of carbonyl (C=O) groups excluding carboxylic acids is 1. The third kappa shape index (κ3) is 6.83. The minimum atomic E-state index is -3.84. The molecule has 0 spiro atoms. The van der Waals surface area contributed by atoms with Gasteiger partial charge < -0.3 is 0 Å². The standard InChI is InChI=1S/C11H16BrN3O5S2/c1-2-21(17,18)13-7-8-22(19,20)15-14-11(16)9-3-5-10(12)6-4-9/h3-6,13,15H,2,7-8H2,1H3,(H,14,16). The van der Waals surface area contributed by atoms with Crippen molar-refractivity contribution in [1.82, 2.24) is 15.0 Å². The smallest absolute Gasteiger partial charge is 0.266 e. The minimum Gasteiger partial charge on any atom is -0.274 e. The van der Waals surface area contributed by atoms with E-state index < -0.39 is 31.7 Å². The highest BCUT2D eigenvalue weighted by atomic mass is 79.9. The van der Waals surface area contributed by atoms with Crippen LogP contribution in [0, 0.1) is 0 Å². The first kappa shape index (κ1) is 19.0. The number of carbonyl (C=O) groups is 1. The Morgan fingerprint density at radius 3 is 2.23 bits per heavy atom. The number of rotatable bonds is 8. The number of nitrogens with one attached hydrogen (secondary N) is 3. The summed E-state index contributed by atoms with van der Waals surface area (Å²) in [4.78, 5) is 13.6. The van der Waals surface area contributed by atoms with Gasteiger partial charge in [-0.05, 0) is 31.2 Å². The lowest BCUT2D eigenvalue weighted by molar-refractivity contribution is 0.0945. The molecule has 0 unspecified atom stereocenters. The van der Waals surface area contributed by atoms with Crippen LogP contribution in [0.1, 0.15) is 17.3 Å². The maximum atomic E-state index is 11.7. The van der Waals surface area contributed by atoms with E-state index in [1.807, 2.05) is 4.83 Å². The second-order valence-corrected chi connectivity index (χ2v) is 9.03. The molecule has 1 amide bonds. The van der Waals surface area contributed by atoms with Crippen molar-refractivity contribution < 1.29 is 21.6 Å². The van der Waals surface area contributed by atoms with Crippen molar-refractivity contribution >= 4 is 41.9 Å². The van der Waals surface area contributed by atoms with Crippen LogP contribution >= 0.6 is 15.9 Å². The average molecular weight is 414 g/mol.